The van der Waals surface area contributed by atoms with Crippen LogP contribution in [0.5, 0.6) is 0 Å². The summed E-state index contributed by atoms with van der Waals surface area (Å²) in [6.07, 6.45) is 1.46. The summed E-state index contributed by atoms with van der Waals surface area (Å²) in [6, 6.07) is 3.34. The van der Waals surface area contributed by atoms with Gasteiger partial charge in [0.1, 0.15) is 4.21 Å². The van der Waals surface area contributed by atoms with E-state index in [4.69, 9.17) is 0 Å². The Bertz CT molecular complexity index is 584. The van der Waals surface area contributed by atoms with Crippen molar-refractivity contribution in [2.75, 3.05) is 40.3 Å². The van der Waals surface area contributed by atoms with Gasteiger partial charge in [-0.05, 0) is 38.4 Å². The van der Waals surface area contributed by atoms with Crippen LogP contribution in [0.15, 0.2) is 21.7 Å². The van der Waals surface area contributed by atoms with E-state index in [1.165, 1.54) is 15.6 Å². The topological polar surface area (TPSA) is 69.7 Å². The molecule has 8 heteroatoms. The van der Waals surface area contributed by atoms with E-state index in [0.29, 0.717) is 17.3 Å². The fourth-order valence-electron chi connectivity index (χ4n) is 2.46. The minimum Gasteiger partial charge on any atom is -0.355 e. The molecule has 1 aliphatic heterocycles. The number of hydrogen-bond acceptors (Lipinski definition) is 5. The van der Waals surface area contributed by atoms with Gasteiger partial charge in [0.2, 0.25) is 5.91 Å². The normalized spacial score (nSPS) is 20.2. The third-order valence-electron chi connectivity index (χ3n) is 3.70. The molecule has 1 atom stereocenters. The number of piperidine rings is 1. The lowest BCUT2D eigenvalue weighted by Gasteiger charge is -2.30. The van der Waals surface area contributed by atoms with E-state index >= 15 is 0 Å². The maximum Gasteiger partial charge on any atom is 0.252 e. The molecule has 0 saturated carbocycles. The number of rotatable bonds is 6. The standard InChI is InChI=1S/C14H23N3O3S2/c1-16(2)9-7-15-14(18)12-5-3-8-17(11-12)22(19,20)13-6-4-10-21-13/h4,6,10,12H,3,5,7-9,11H2,1-2H3,(H,15,18). The fraction of sp³-hybridized carbons (Fsp3) is 0.643. The molecule has 0 bridgehead atoms. The van der Waals surface area contributed by atoms with Crippen molar-refractivity contribution in [3.8, 4) is 0 Å². The fourth-order valence-corrected chi connectivity index (χ4v) is 5.13. The van der Waals surface area contributed by atoms with Gasteiger partial charge in [-0.25, -0.2) is 8.42 Å². The third-order valence-corrected chi connectivity index (χ3v) is 6.94. The molecule has 1 aromatic rings. The molecule has 1 aliphatic rings. The minimum absolute atomic E-state index is 0.0482. The Balaban J connectivity index is 1.96. The van der Waals surface area contributed by atoms with Gasteiger partial charge in [0.15, 0.2) is 0 Å². The highest BCUT2D eigenvalue weighted by atomic mass is 32.2. The molecule has 2 rings (SSSR count). The maximum absolute atomic E-state index is 12.5. The highest BCUT2D eigenvalue weighted by Gasteiger charge is 2.33. The van der Waals surface area contributed by atoms with Gasteiger partial charge < -0.3 is 10.2 Å². The van der Waals surface area contributed by atoms with Gasteiger partial charge in [-0.15, -0.1) is 11.3 Å². The highest BCUT2D eigenvalue weighted by Crippen LogP contribution is 2.26. The predicted octanol–water partition coefficient (Wildman–Crippen LogP) is 0.827. The molecule has 1 saturated heterocycles. The number of carbonyl (C=O) groups excluding carboxylic acids is 1. The lowest BCUT2D eigenvalue weighted by atomic mass is 9.99. The number of likely N-dealkylation sites (N-methyl/N-ethyl adjacent to an activating group) is 1. The number of nitrogens with zero attached hydrogens (tertiary/aromatic N) is 2. The van der Waals surface area contributed by atoms with Crippen LogP contribution in [0, 0.1) is 5.92 Å². The van der Waals surface area contributed by atoms with E-state index in [-0.39, 0.29) is 18.4 Å². The largest absolute Gasteiger partial charge is 0.355 e. The summed E-state index contributed by atoms with van der Waals surface area (Å²) in [5, 5.41) is 4.64. The average molecular weight is 345 g/mol. The lowest BCUT2D eigenvalue weighted by Crippen LogP contribution is -2.46. The van der Waals surface area contributed by atoms with Crippen molar-refractivity contribution in [2.24, 2.45) is 5.92 Å². The van der Waals surface area contributed by atoms with Crippen molar-refractivity contribution in [3.05, 3.63) is 17.5 Å². The van der Waals surface area contributed by atoms with Crippen LogP contribution in [0.4, 0.5) is 0 Å². The molecule has 0 aromatic carbocycles. The van der Waals surface area contributed by atoms with Gasteiger partial charge in [0.25, 0.3) is 10.0 Å². The summed E-state index contributed by atoms with van der Waals surface area (Å²) in [4.78, 5) is 14.2. The van der Waals surface area contributed by atoms with Gasteiger partial charge in [0, 0.05) is 26.2 Å². The van der Waals surface area contributed by atoms with Crippen molar-refractivity contribution in [1.82, 2.24) is 14.5 Å². The lowest BCUT2D eigenvalue weighted by molar-refractivity contribution is -0.126. The van der Waals surface area contributed by atoms with Crippen molar-refractivity contribution < 1.29 is 13.2 Å². The highest BCUT2D eigenvalue weighted by molar-refractivity contribution is 7.91. The first-order valence-corrected chi connectivity index (χ1v) is 9.69. The average Bonchev–Trinajstić information content (AvgIpc) is 3.02. The van der Waals surface area contributed by atoms with E-state index in [1.54, 1.807) is 17.5 Å². The molecule has 1 amide bonds. The van der Waals surface area contributed by atoms with Gasteiger partial charge in [0.05, 0.1) is 5.92 Å². The monoisotopic (exact) mass is 345 g/mol. The molecule has 2 heterocycles. The van der Waals surface area contributed by atoms with Crippen LogP contribution in [0.3, 0.4) is 0 Å². The van der Waals surface area contributed by atoms with Gasteiger partial charge in [-0.1, -0.05) is 6.07 Å². The molecule has 0 aliphatic carbocycles. The van der Waals surface area contributed by atoms with E-state index < -0.39 is 10.0 Å². The van der Waals surface area contributed by atoms with Gasteiger partial charge in [-0.3, -0.25) is 4.79 Å². The summed E-state index contributed by atoms with van der Waals surface area (Å²) >= 11 is 1.21. The smallest absolute Gasteiger partial charge is 0.252 e. The Morgan fingerprint density at radius 1 is 1.50 bits per heavy atom. The van der Waals surface area contributed by atoms with Crippen LogP contribution < -0.4 is 5.32 Å². The Hall–Kier alpha value is -0.960. The second kappa shape index (κ2) is 7.54. The number of amides is 1. The Kier molecular flexibility index (Phi) is 5.96. The Labute approximate surface area is 136 Å². The molecular weight excluding hydrogens is 322 g/mol. The van der Waals surface area contributed by atoms with Crippen LogP contribution in [0.1, 0.15) is 12.8 Å². The van der Waals surface area contributed by atoms with Gasteiger partial charge >= 0.3 is 0 Å². The summed E-state index contributed by atoms with van der Waals surface area (Å²) in [7, 11) is 0.438. The quantitative estimate of drug-likeness (QED) is 0.829. The zero-order valence-electron chi connectivity index (χ0n) is 13.0. The predicted molar refractivity (Wildman–Crippen MR) is 87.4 cm³/mol. The molecule has 1 aromatic heterocycles. The molecule has 124 valence electrons. The maximum atomic E-state index is 12.5. The first-order valence-electron chi connectivity index (χ1n) is 7.37. The second-order valence-corrected chi connectivity index (χ2v) is 8.84. The first kappa shape index (κ1) is 17.4. The number of thiophene rings is 1. The van der Waals surface area contributed by atoms with Gasteiger partial charge in [-0.2, -0.15) is 4.31 Å². The van der Waals surface area contributed by atoms with Crippen LogP contribution in [0.2, 0.25) is 0 Å². The van der Waals surface area contributed by atoms with E-state index in [1.807, 2.05) is 19.0 Å². The number of sulfonamides is 1. The SMILES string of the molecule is CN(C)CCNC(=O)C1CCCN(S(=O)(=O)c2cccs2)C1. The van der Waals surface area contributed by atoms with E-state index in [2.05, 4.69) is 5.32 Å². The van der Waals surface area contributed by atoms with Crippen molar-refractivity contribution in [2.45, 2.75) is 17.1 Å². The summed E-state index contributed by atoms with van der Waals surface area (Å²) in [6.45, 7) is 2.12. The van der Waals surface area contributed by atoms with Crippen LogP contribution in [0.25, 0.3) is 0 Å². The zero-order valence-corrected chi connectivity index (χ0v) is 14.6. The zero-order chi connectivity index (χ0) is 16.2. The molecule has 22 heavy (non-hydrogen) atoms. The summed E-state index contributed by atoms with van der Waals surface area (Å²) < 4.78 is 26.8. The number of hydrogen-bond donors (Lipinski definition) is 1. The van der Waals surface area contributed by atoms with Crippen LogP contribution >= 0.6 is 11.3 Å². The van der Waals surface area contributed by atoms with Crippen molar-refractivity contribution in [1.29, 1.82) is 0 Å². The molecule has 6 nitrogen and oxygen atoms in total. The molecule has 1 N–H and O–H groups in total. The molecule has 0 spiro atoms. The van der Waals surface area contributed by atoms with Crippen molar-refractivity contribution >= 4 is 27.3 Å². The number of nitrogens with one attached hydrogen (secondary N) is 1. The minimum atomic E-state index is -3.46. The van der Waals surface area contributed by atoms with Crippen molar-refractivity contribution in [3.63, 3.8) is 0 Å². The van der Waals surface area contributed by atoms with Crippen LogP contribution in [-0.4, -0.2) is 63.8 Å². The third kappa shape index (κ3) is 4.28. The molecular formula is C14H23N3O3S2. The second-order valence-electron chi connectivity index (χ2n) is 5.73. The Morgan fingerprint density at radius 2 is 2.27 bits per heavy atom. The molecule has 1 fully saturated rings. The van der Waals surface area contributed by atoms with E-state index in [0.717, 1.165) is 19.4 Å². The van der Waals surface area contributed by atoms with E-state index in [9.17, 15) is 13.2 Å². The summed E-state index contributed by atoms with van der Waals surface area (Å²) in [5.41, 5.74) is 0. The molecule has 0 radical (unpaired) electrons. The number of carbonyl (C=O) groups is 1. The Morgan fingerprint density at radius 3 is 2.91 bits per heavy atom. The van der Waals surface area contributed by atoms with Crippen LogP contribution in [-0.2, 0) is 14.8 Å². The molecule has 1 unspecified atom stereocenters. The first-order chi connectivity index (χ1) is 10.4. The summed E-state index contributed by atoms with van der Waals surface area (Å²) in [5.74, 6) is -0.307.